The summed E-state index contributed by atoms with van der Waals surface area (Å²) in [5.74, 6) is 0.768. The molecule has 8 nitrogen and oxygen atoms in total. The van der Waals surface area contributed by atoms with Gasteiger partial charge in [0.05, 0.1) is 4.90 Å². The van der Waals surface area contributed by atoms with Crippen molar-refractivity contribution in [3.05, 3.63) is 42.0 Å². The Morgan fingerprint density at radius 1 is 1.09 bits per heavy atom. The third-order valence-corrected chi connectivity index (χ3v) is 3.87. The van der Waals surface area contributed by atoms with Crippen molar-refractivity contribution >= 4 is 27.6 Å². The Morgan fingerprint density at radius 3 is 2.22 bits per heavy atom. The second-order valence-corrected chi connectivity index (χ2v) is 6.41. The third-order valence-electron chi connectivity index (χ3n) is 2.94. The van der Waals surface area contributed by atoms with Gasteiger partial charge in [0, 0.05) is 13.5 Å². The fourth-order valence-electron chi connectivity index (χ4n) is 1.85. The molecule has 0 fully saturated rings. The summed E-state index contributed by atoms with van der Waals surface area (Å²) < 4.78 is 22.3. The normalized spacial score (nSPS) is 11.0. The van der Waals surface area contributed by atoms with Gasteiger partial charge in [-0.05, 0) is 36.2 Å². The van der Waals surface area contributed by atoms with E-state index in [1.807, 2.05) is 0 Å². The molecule has 122 valence electrons. The van der Waals surface area contributed by atoms with Crippen LogP contribution in [0, 0.1) is 0 Å². The van der Waals surface area contributed by atoms with Crippen molar-refractivity contribution in [1.82, 2.24) is 10.2 Å². The predicted molar refractivity (Wildman–Crippen MR) is 86.3 cm³/mol. The SMILES string of the molecule is CC(=O)Nc1ccc(NCCc2ccc(S(N)(=O)=O)cc2)nn1. The second-order valence-electron chi connectivity index (χ2n) is 4.85. The maximum absolute atomic E-state index is 11.2. The summed E-state index contributed by atoms with van der Waals surface area (Å²) in [7, 11) is -3.66. The van der Waals surface area contributed by atoms with E-state index in [0.717, 1.165) is 5.56 Å². The molecule has 0 unspecified atom stereocenters. The summed E-state index contributed by atoms with van der Waals surface area (Å²) in [5.41, 5.74) is 0.965. The zero-order valence-electron chi connectivity index (χ0n) is 12.5. The number of aromatic nitrogens is 2. The first-order chi connectivity index (χ1) is 10.8. The number of benzene rings is 1. The molecule has 0 bridgehead atoms. The first-order valence-corrected chi connectivity index (χ1v) is 8.36. The molecule has 23 heavy (non-hydrogen) atoms. The number of rotatable bonds is 6. The van der Waals surface area contributed by atoms with Crippen molar-refractivity contribution in [2.45, 2.75) is 18.2 Å². The number of amides is 1. The Morgan fingerprint density at radius 2 is 1.70 bits per heavy atom. The van der Waals surface area contributed by atoms with E-state index in [9.17, 15) is 13.2 Å². The average Bonchev–Trinajstić information content (AvgIpc) is 2.48. The van der Waals surface area contributed by atoms with Crippen LogP contribution in [-0.2, 0) is 21.2 Å². The number of nitrogens with zero attached hydrogens (tertiary/aromatic N) is 2. The largest absolute Gasteiger partial charge is 0.368 e. The van der Waals surface area contributed by atoms with Gasteiger partial charge >= 0.3 is 0 Å². The van der Waals surface area contributed by atoms with Gasteiger partial charge in [-0.15, -0.1) is 10.2 Å². The van der Waals surface area contributed by atoms with Crippen LogP contribution in [0.25, 0.3) is 0 Å². The fraction of sp³-hybridized carbons (Fsp3) is 0.214. The highest BCUT2D eigenvalue weighted by molar-refractivity contribution is 7.89. The lowest BCUT2D eigenvalue weighted by atomic mass is 10.1. The van der Waals surface area contributed by atoms with Crippen molar-refractivity contribution in [3.8, 4) is 0 Å². The van der Waals surface area contributed by atoms with Crippen LogP contribution in [0.5, 0.6) is 0 Å². The van der Waals surface area contributed by atoms with Crippen LogP contribution < -0.4 is 15.8 Å². The van der Waals surface area contributed by atoms with Gasteiger partial charge in [-0.1, -0.05) is 12.1 Å². The number of anilines is 2. The van der Waals surface area contributed by atoms with E-state index in [0.29, 0.717) is 24.6 Å². The van der Waals surface area contributed by atoms with E-state index in [-0.39, 0.29) is 10.8 Å². The molecule has 0 aliphatic carbocycles. The van der Waals surface area contributed by atoms with Crippen molar-refractivity contribution in [3.63, 3.8) is 0 Å². The van der Waals surface area contributed by atoms with Gasteiger partial charge in [0.25, 0.3) is 0 Å². The summed E-state index contributed by atoms with van der Waals surface area (Å²) in [6.07, 6.45) is 0.681. The summed E-state index contributed by atoms with van der Waals surface area (Å²) in [5, 5.41) is 18.5. The minimum Gasteiger partial charge on any atom is -0.368 e. The molecule has 0 saturated heterocycles. The highest BCUT2D eigenvalue weighted by Gasteiger charge is 2.06. The van der Waals surface area contributed by atoms with Crippen LogP contribution in [0.4, 0.5) is 11.6 Å². The molecule has 1 amide bonds. The number of hydrogen-bond donors (Lipinski definition) is 3. The minimum absolute atomic E-state index is 0.0913. The maximum atomic E-state index is 11.2. The first kappa shape index (κ1) is 16.8. The Hall–Kier alpha value is -2.52. The Balaban J connectivity index is 1.86. The minimum atomic E-state index is -3.66. The van der Waals surface area contributed by atoms with Gasteiger partial charge in [-0.2, -0.15) is 0 Å². The average molecular weight is 335 g/mol. The summed E-state index contributed by atoms with van der Waals surface area (Å²) >= 11 is 0. The summed E-state index contributed by atoms with van der Waals surface area (Å²) in [6, 6.07) is 9.75. The molecule has 0 saturated carbocycles. The van der Waals surface area contributed by atoms with Gasteiger partial charge in [0.2, 0.25) is 15.9 Å². The maximum Gasteiger partial charge on any atom is 0.238 e. The van der Waals surface area contributed by atoms with Gasteiger partial charge < -0.3 is 10.6 Å². The van der Waals surface area contributed by atoms with Crippen LogP contribution in [0.1, 0.15) is 12.5 Å². The van der Waals surface area contributed by atoms with Crippen LogP contribution in [0.15, 0.2) is 41.3 Å². The molecule has 0 aliphatic rings. The van der Waals surface area contributed by atoms with Crippen LogP contribution in [-0.4, -0.2) is 31.1 Å². The molecule has 1 heterocycles. The molecule has 0 spiro atoms. The van der Waals surface area contributed by atoms with Crippen molar-refractivity contribution in [1.29, 1.82) is 0 Å². The van der Waals surface area contributed by atoms with Gasteiger partial charge in [0.1, 0.15) is 5.82 Å². The van der Waals surface area contributed by atoms with E-state index in [1.165, 1.54) is 19.1 Å². The monoisotopic (exact) mass is 335 g/mol. The lowest BCUT2D eigenvalue weighted by molar-refractivity contribution is -0.114. The lowest BCUT2D eigenvalue weighted by Gasteiger charge is -2.06. The van der Waals surface area contributed by atoms with Crippen molar-refractivity contribution in [2.75, 3.05) is 17.2 Å². The van der Waals surface area contributed by atoms with Gasteiger partial charge in [0.15, 0.2) is 5.82 Å². The molecule has 0 atom stereocenters. The topological polar surface area (TPSA) is 127 Å². The van der Waals surface area contributed by atoms with Crippen LogP contribution in [0.2, 0.25) is 0 Å². The summed E-state index contributed by atoms with van der Waals surface area (Å²) in [6.45, 7) is 2.00. The summed E-state index contributed by atoms with van der Waals surface area (Å²) in [4.78, 5) is 11.0. The molecule has 2 aromatic rings. The molecular formula is C14H17N5O3S. The van der Waals surface area contributed by atoms with E-state index in [2.05, 4.69) is 20.8 Å². The Bertz CT molecular complexity index is 773. The van der Waals surface area contributed by atoms with Crippen molar-refractivity contribution in [2.24, 2.45) is 5.14 Å². The molecule has 0 aliphatic heterocycles. The molecule has 1 aromatic heterocycles. The number of carbonyl (C=O) groups is 1. The number of nitrogens with two attached hydrogens (primary N) is 1. The molecule has 1 aromatic carbocycles. The van der Waals surface area contributed by atoms with E-state index in [4.69, 9.17) is 5.14 Å². The smallest absolute Gasteiger partial charge is 0.238 e. The molecule has 2 rings (SSSR count). The predicted octanol–water partition coefficient (Wildman–Crippen LogP) is 0.737. The van der Waals surface area contributed by atoms with Gasteiger partial charge in [-0.25, -0.2) is 13.6 Å². The number of nitrogens with one attached hydrogen (secondary N) is 2. The van der Waals surface area contributed by atoms with Crippen LogP contribution in [0.3, 0.4) is 0 Å². The van der Waals surface area contributed by atoms with E-state index < -0.39 is 10.0 Å². The zero-order valence-corrected chi connectivity index (χ0v) is 13.3. The number of sulfonamides is 1. The van der Waals surface area contributed by atoms with Crippen LogP contribution >= 0.6 is 0 Å². The molecule has 0 radical (unpaired) electrons. The second kappa shape index (κ2) is 7.16. The first-order valence-electron chi connectivity index (χ1n) is 6.81. The number of hydrogen-bond acceptors (Lipinski definition) is 6. The molecule has 4 N–H and O–H groups in total. The number of primary sulfonamides is 1. The standard InChI is InChI=1S/C14H17N5O3S/c1-10(20)17-14-7-6-13(18-19-14)16-9-8-11-2-4-12(5-3-11)23(15,21)22/h2-7H,8-9H2,1H3,(H,16,18)(H2,15,21,22)(H,17,19,20). The Labute approximate surface area is 134 Å². The third kappa shape index (κ3) is 5.31. The fourth-order valence-corrected chi connectivity index (χ4v) is 2.37. The van der Waals surface area contributed by atoms with Gasteiger partial charge in [-0.3, -0.25) is 4.79 Å². The molecule has 9 heteroatoms. The highest BCUT2D eigenvalue weighted by atomic mass is 32.2. The lowest BCUT2D eigenvalue weighted by Crippen LogP contribution is -2.12. The Kier molecular flexibility index (Phi) is 5.24. The number of carbonyl (C=O) groups excluding carboxylic acids is 1. The quantitative estimate of drug-likeness (QED) is 0.714. The van der Waals surface area contributed by atoms with Crippen molar-refractivity contribution < 1.29 is 13.2 Å². The zero-order chi connectivity index (χ0) is 16.9. The molecular weight excluding hydrogens is 318 g/mol. The van der Waals surface area contributed by atoms with E-state index in [1.54, 1.807) is 24.3 Å². The highest BCUT2D eigenvalue weighted by Crippen LogP contribution is 2.10. The van der Waals surface area contributed by atoms with E-state index >= 15 is 0 Å².